The number of aromatic nitrogens is 4. The lowest BCUT2D eigenvalue weighted by atomic mass is 10.1. The number of allylic oxidation sites excluding steroid dienone is 6. The van der Waals surface area contributed by atoms with E-state index in [0.29, 0.717) is 6.54 Å². The Morgan fingerprint density at radius 1 is 1.14 bits per heavy atom. The van der Waals surface area contributed by atoms with E-state index in [1.807, 2.05) is 25.4 Å². The van der Waals surface area contributed by atoms with E-state index in [4.69, 9.17) is 4.98 Å². The fourth-order valence-electron chi connectivity index (χ4n) is 4.38. The summed E-state index contributed by atoms with van der Waals surface area (Å²) in [6, 6.07) is 8.36. The first-order valence-electron chi connectivity index (χ1n) is 12.3. The van der Waals surface area contributed by atoms with E-state index in [2.05, 4.69) is 88.4 Å². The molecule has 1 aliphatic rings. The van der Waals surface area contributed by atoms with Gasteiger partial charge in [-0.2, -0.15) is 0 Å². The van der Waals surface area contributed by atoms with Crippen LogP contribution in [0.1, 0.15) is 55.3 Å². The Morgan fingerprint density at radius 2 is 2.03 bits per heavy atom. The highest BCUT2D eigenvalue weighted by Crippen LogP contribution is 2.27. The predicted molar refractivity (Wildman–Crippen MR) is 144 cm³/mol. The highest BCUT2D eigenvalue weighted by atomic mass is 15.2. The molecule has 0 amide bonds. The molecule has 0 aromatic carbocycles. The zero-order valence-electron chi connectivity index (χ0n) is 21.1. The third-order valence-corrected chi connectivity index (χ3v) is 6.16. The molecule has 0 saturated carbocycles. The Morgan fingerprint density at radius 3 is 2.80 bits per heavy atom. The molecule has 0 spiro atoms. The van der Waals surface area contributed by atoms with E-state index in [1.165, 1.54) is 16.8 Å². The summed E-state index contributed by atoms with van der Waals surface area (Å²) in [5, 5.41) is 3.48. The van der Waals surface area contributed by atoms with E-state index in [9.17, 15) is 0 Å². The van der Waals surface area contributed by atoms with Crippen LogP contribution in [-0.4, -0.2) is 26.5 Å². The Balaban J connectivity index is 1.45. The van der Waals surface area contributed by atoms with Crippen LogP contribution in [0.25, 0.3) is 5.57 Å². The minimum atomic E-state index is 0.648. The molecule has 0 bridgehead atoms. The van der Waals surface area contributed by atoms with Gasteiger partial charge in [0, 0.05) is 55.3 Å². The number of fused-ring (bicyclic) bond motifs is 1. The van der Waals surface area contributed by atoms with Crippen LogP contribution in [0, 0.1) is 6.92 Å². The van der Waals surface area contributed by atoms with Gasteiger partial charge in [-0.05, 0) is 50.5 Å². The summed E-state index contributed by atoms with van der Waals surface area (Å²) in [4.78, 5) is 20.7. The van der Waals surface area contributed by atoms with Crippen molar-refractivity contribution in [3.63, 3.8) is 0 Å². The molecule has 4 rings (SSSR count). The first-order valence-corrected chi connectivity index (χ1v) is 12.3. The third-order valence-electron chi connectivity index (χ3n) is 6.16. The Kier molecular flexibility index (Phi) is 8.03. The number of anilines is 2. The smallest absolute Gasteiger partial charge is 0.137 e. The Bertz CT molecular complexity index is 1240. The van der Waals surface area contributed by atoms with Crippen LogP contribution >= 0.6 is 0 Å². The molecule has 1 aliphatic heterocycles. The van der Waals surface area contributed by atoms with Gasteiger partial charge in [-0.25, -0.2) is 9.97 Å². The van der Waals surface area contributed by atoms with Crippen LogP contribution in [-0.2, 0) is 19.5 Å². The van der Waals surface area contributed by atoms with Crippen LogP contribution in [0.5, 0.6) is 0 Å². The van der Waals surface area contributed by atoms with Crippen molar-refractivity contribution < 1.29 is 0 Å². The molecule has 3 aromatic rings. The van der Waals surface area contributed by atoms with Crippen molar-refractivity contribution in [2.45, 2.75) is 53.6 Å². The molecule has 0 aliphatic carbocycles. The van der Waals surface area contributed by atoms with Crippen molar-refractivity contribution >= 4 is 17.2 Å². The molecule has 0 saturated heterocycles. The molecule has 3 aromatic heterocycles. The number of nitrogens with one attached hydrogen (secondary N) is 1. The molecule has 6 heteroatoms. The predicted octanol–water partition coefficient (Wildman–Crippen LogP) is 6.07. The largest absolute Gasteiger partial charge is 0.366 e. The first-order chi connectivity index (χ1) is 17.1. The lowest BCUT2D eigenvalue weighted by molar-refractivity contribution is 0.699. The highest BCUT2D eigenvalue weighted by molar-refractivity contribution is 5.73. The molecule has 0 unspecified atom stereocenters. The summed E-state index contributed by atoms with van der Waals surface area (Å²) in [5.41, 5.74) is 7.95. The molecule has 1 N–H and O–H groups in total. The normalized spacial score (nSPS) is 14.3. The molecular formula is C29H34N6. The average Bonchev–Trinajstić information content (AvgIpc) is 2.88. The molecule has 180 valence electrons. The number of rotatable bonds is 8. The van der Waals surface area contributed by atoms with Gasteiger partial charge < -0.3 is 10.2 Å². The van der Waals surface area contributed by atoms with Crippen molar-refractivity contribution in [3.8, 4) is 0 Å². The summed E-state index contributed by atoms with van der Waals surface area (Å²) in [6.07, 6.45) is 16.0. The van der Waals surface area contributed by atoms with Gasteiger partial charge >= 0.3 is 0 Å². The fraction of sp³-hybridized carbons (Fsp3) is 0.310. The lowest BCUT2D eigenvalue weighted by Gasteiger charge is -2.30. The zero-order chi connectivity index (χ0) is 24.6. The number of pyridine rings is 2. The fourth-order valence-corrected chi connectivity index (χ4v) is 4.38. The van der Waals surface area contributed by atoms with Gasteiger partial charge in [0.2, 0.25) is 0 Å². The SMILES string of the molecule is C\C=C/C(=C\C(C)=C\CC)c1ccc(CNc2ncnc(N3CCc4ncccc4C3)c2C)cn1. The molecular weight excluding hydrogens is 432 g/mol. The summed E-state index contributed by atoms with van der Waals surface area (Å²) < 4.78 is 0. The Labute approximate surface area is 208 Å². The average molecular weight is 467 g/mol. The second-order valence-corrected chi connectivity index (χ2v) is 8.81. The molecule has 0 radical (unpaired) electrons. The minimum Gasteiger partial charge on any atom is -0.366 e. The minimum absolute atomic E-state index is 0.648. The molecule has 0 atom stereocenters. The van der Waals surface area contributed by atoms with Crippen LogP contribution in [0.4, 0.5) is 11.6 Å². The van der Waals surface area contributed by atoms with E-state index in [0.717, 1.165) is 60.0 Å². The monoisotopic (exact) mass is 466 g/mol. The molecule has 35 heavy (non-hydrogen) atoms. The van der Waals surface area contributed by atoms with Gasteiger partial charge in [0.05, 0.1) is 5.69 Å². The number of hydrogen-bond donors (Lipinski definition) is 1. The topological polar surface area (TPSA) is 66.8 Å². The zero-order valence-corrected chi connectivity index (χ0v) is 21.1. The summed E-state index contributed by atoms with van der Waals surface area (Å²) >= 11 is 0. The van der Waals surface area contributed by atoms with Gasteiger partial charge in [0.15, 0.2) is 0 Å². The summed E-state index contributed by atoms with van der Waals surface area (Å²) in [5.74, 6) is 1.83. The van der Waals surface area contributed by atoms with E-state index < -0.39 is 0 Å². The number of hydrogen-bond acceptors (Lipinski definition) is 6. The lowest BCUT2D eigenvalue weighted by Crippen LogP contribution is -2.32. The van der Waals surface area contributed by atoms with Gasteiger partial charge in [-0.3, -0.25) is 9.97 Å². The van der Waals surface area contributed by atoms with Gasteiger partial charge in [0.25, 0.3) is 0 Å². The van der Waals surface area contributed by atoms with Crippen LogP contribution in [0.15, 0.2) is 72.9 Å². The van der Waals surface area contributed by atoms with E-state index >= 15 is 0 Å². The standard InChI is InChI=1S/C29H34N6/c1-5-8-21(3)16-24(9-6-2)26-12-11-23(17-31-26)18-32-28-22(4)29(34-20-33-28)35-15-13-27-25(19-35)10-7-14-30-27/h6-12,14,16-17,20H,5,13,15,18-19H2,1-4H3,(H,32,33,34)/b9-6-,21-8+,24-16+. The van der Waals surface area contributed by atoms with Crippen molar-refractivity contribution in [1.82, 2.24) is 19.9 Å². The van der Waals surface area contributed by atoms with Gasteiger partial charge in [0.1, 0.15) is 18.0 Å². The van der Waals surface area contributed by atoms with Crippen molar-refractivity contribution in [3.05, 3.63) is 101 Å². The quantitative estimate of drug-likeness (QED) is 0.407. The molecule has 4 heterocycles. The maximum atomic E-state index is 4.72. The van der Waals surface area contributed by atoms with Crippen LogP contribution < -0.4 is 10.2 Å². The maximum Gasteiger partial charge on any atom is 0.137 e. The van der Waals surface area contributed by atoms with Crippen molar-refractivity contribution in [2.75, 3.05) is 16.8 Å². The molecule has 6 nitrogen and oxygen atoms in total. The van der Waals surface area contributed by atoms with Crippen LogP contribution in [0.3, 0.4) is 0 Å². The maximum absolute atomic E-state index is 4.72. The van der Waals surface area contributed by atoms with E-state index in [-0.39, 0.29) is 0 Å². The third kappa shape index (κ3) is 6.01. The van der Waals surface area contributed by atoms with Crippen molar-refractivity contribution in [1.29, 1.82) is 0 Å². The van der Waals surface area contributed by atoms with Crippen molar-refractivity contribution in [2.24, 2.45) is 0 Å². The first kappa shape index (κ1) is 24.3. The second kappa shape index (κ2) is 11.6. The van der Waals surface area contributed by atoms with E-state index in [1.54, 1.807) is 6.33 Å². The van der Waals surface area contributed by atoms with Gasteiger partial charge in [-0.15, -0.1) is 0 Å². The molecule has 0 fully saturated rings. The summed E-state index contributed by atoms with van der Waals surface area (Å²) in [6.45, 7) is 10.8. The number of nitrogens with zero attached hydrogens (tertiary/aromatic N) is 5. The second-order valence-electron chi connectivity index (χ2n) is 8.81. The Hall–Kier alpha value is -3.80. The van der Waals surface area contributed by atoms with Gasteiger partial charge in [-0.1, -0.05) is 48.9 Å². The van der Waals surface area contributed by atoms with Crippen LogP contribution in [0.2, 0.25) is 0 Å². The summed E-state index contributed by atoms with van der Waals surface area (Å²) in [7, 11) is 0. The highest BCUT2D eigenvalue weighted by Gasteiger charge is 2.20.